The van der Waals surface area contributed by atoms with Crippen LogP contribution < -0.4 is 10.6 Å². The maximum absolute atomic E-state index is 11.5. The fraction of sp³-hybridized carbons (Fsp3) is 0.286. The van der Waals surface area contributed by atoms with Crippen LogP contribution in [0, 0.1) is 0 Å². The standard InChI is InChI=1S/C14H18N4O/c1-15-14(19)7-11-5-3-4-6-13(11)17-9-12-8-16-10-18(12)2/h3-6,8,10,17H,7,9H2,1-2H3,(H,15,19). The van der Waals surface area contributed by atoms with Crippen molar-refractivity contribution in [3.8, 4) is 0 Å². The second-order valence-electron chi connectivity index (χ2n) is 4.36. The lowest BCUT2D eigenvalue weighted by atomic mass is 10.1. The summed E-state index contributed by atoms with van der Waals surface area (Å²) in [4.78, 5) is 15.5. The summed E-state index contributed by atoms with van der Waals surface area (Å²) < 4.78 is 1.97. The first-order valence-corrected chi connectivity index (χ1v) is 6.18. The molecule has 1 aromatic carbocycles. The average Bonchev–Trinajstić information content (AvgIpc) is 2.83. The van der Waals surface area contributed by atoms with Gasteiger partial charge < -0.3 is 15.2 Å². The van der Waals surface area contributed by atoms with Gasteiger partial charge in [-0.2, -0.15) is 0 Å². The number of aromatic nitrogens is 2. The van der Waals surface area contributed by atoms with Crippen molar-refractivity contribution in [3.63, 3.8) is 0 Å². The normalized spacial score (nSPS) is 10.2. The number of likely N-dealkylation sites (N-methyl/N-ethyl adjacent to an activating group) is 1. The molecule has 0 atom stereocenters. The summed E-state index contributed by atoms with van der Waals surface area (Å²) in [6, 6.07) is 7.84. The van der Waals surface area contributed by atoms with E-state index in [-0.39, 0.29) is 5.91 Å². The van der Waals surface area contributed by atoms with E-state index in [1.165, 1.54) is 0 Å². The molecule has 0 unspecified atom stereocenters. The summed E-state index contributed by atoms with van der Waals surface area (Å²) in [5, 5.41) is 5.98. The Bertz CT molecular complexity index is 562. The lowest BCUT2D eigenvalue weighted by Crippen LogP contribution is -2.20. The first-order valence-electron chi connectivity index (χ1n) is 6.18. The van der Waals surface area contributed by atoms with Gasteiger partial charge in [-0.05, 0) is 11.6 Å². The van der Waals surface area contributed by atoms with E-state index in [1.807, 2.05) is 42.1 Å². The highest BCUT2D eigenvalue weighted by molar-refractivity contribution is 5.80. The maximum Gasteiger partial charge on any atom is 0.224 e. The lowest BCUT2D eigenvalue weighted by Gasteiger charge is -2.11. The predicted octanol–water partition coefficient (Wildman–Crippen LogP) is 1.32. The Morgan fingerprint density at radius 2 is 2.16 bits per heavy atom. The Balaban J connectivity index is 2.07. The summed E-state index contributed by atoms with van der Waals surface area (Å²) in [5.41, 5.74) is 3.06. The zero-order valence-electron chi connectivity index (χ0n) is 11.2. The van der Waals surface area contributed by atoms with E-state index in [9.17, 15) is 4.79 Å². The third-order valence-corrected chi connectivity index (χ3v) is 3.02. The Morgan fingerprint density at radius 3 is 2.84 bits per heavy atom. The summed E-state index contributed by atoms with van der Waals surface area (Å²) in [6.07, 6.45) is 3.98. The SMILES string of the molecule is CNC(=O)Cc1ccccc1NCc1cncn1C. The van der Waals surface area contributed by atoms with E-state index < -0.39 is 0 Å². The van der Waals surface area contributed by atoms with Gasteiger partial charge >= 0.3 is 0 Å². The molecule has 2 aromatic rings. The number of nitrogens with one attached hydrogen (secondary N) is 2. The van der Waals surface area contributed by atoms with Gasteiger partial charge in [0.2, 0.25) is 5.91 Å². The van der Waals surface area contributed by atoms with E-state index in [0.717, 1.165) is 16.9 Å². The molecule has 0 saturated heterocycles. The molecule has 1 heterocycles. The summed E-state index contributed by atoms with van der Waals surface area (Å²) in [6.45, 7) is 0.682. The number of carbonyl (C=O) groups is 1. The molecule has 100 valence electrons. The fourth-order valence-electron chi connectivity index (χ4n) is 1.85. The first kappa shape index (κ1) is 13.1. The number of amides is 1. The number of anilines is 1. The molecule has 2 rings (SSSR count). The third kappa shape index (κ3) is 3.34. The number of imidazole rings is 1. The van der Waals surface area contributed by atoms with Gasteiger partial charge in [-0.25, -0.2) is 4.98 Å². The number of nitrogens with zero attached hydrogens (tertiary/aromatic N) is 2. The zero-order valence-corrected chi connectivity index (χ0v) is 11.2. The van der Waals surface area contributed by atoms with Crippen molar-refractivity contribution >= 4 is 11.6 Å². The van der Waals surface area contributed by atoms with Crippen molar-refractivity contribution in [3.05, 3.63) is 48.0 Å². The topological polar surface area (TPSA) is 59.0 Å². The number of para-hydroxylation sites is 1. The molecule has 0 aliphatic carbocycles. The van der Waals surface area contributed by atoms with E-state index in [4.69, 9.17) is 0 Å². The minimum atomic E-state index is 0.00906. The highest BCUT2D eigenvalue weighted by atomic mass is 16.1. The molecular weight excluding hydrogens is 240 g/mol. The minimum Gasteiger partial charge on any atom is -0.379 e. The van der Waals surface area contributed by atoms with Gasteiger partial charge in [0.05, 0.1) is 25.0 Å². The molecule has 1 amide bonds. The van der Waals surface area contributed by atoms with Crippen LogP contribution in [-0.2, 0) is 24.8 Å². The second kappa shape index (κ2) is 6.04. The molecule has 0 spiro atoms. The Hall–Kier alpha value is -2.30. The minimum absolute atomic E-state index is 0.00906. The second-order valence-corrected chi connectivity index (χ2v) is 4.36. The van der Waals surface area contributed by atoms with Crippen molar-refractivity contribution in [1.29, 1.82) is 0 Å². The number of hydrogen-bond acceptors (Lipinski definition) is 3. The van der Waals surface area contributed by atoms with Crippen LogP contribution in [0.15, 0.2) is 36.8 Å². The summed E-state index contributed by atoms with van der Waals surface area (Å²) in [7, 11) is 3.61. The highest BCUT2D eigenvalue weighted by Gasteiger charge is 2.06. The van der Waals surface area contributed by atoms with Gasteiger partial charge in [0.15, 0.2) is 0 Å². The van der Waals surface area contributed by atoms with Crippen molar-refractivity contribution < 1.29 is 4.79 Å². The van der Waals surface area contributed by atoms with Gasteiger partial charge in [-0.3, -0.25) is 4.79 Å². The van der Waals surface area contributed by atoms with Gasteiger partial charge in [0.25, 0.3) is 0 Å². The molecule has 5 nitrogen and oxygen atoms in total. The average molecular weight is 258 g/mol. The monoisotopic (exact) mass is 258 g/mol. The molecule has 0 fully saturated rings. The quantitative estimate of drug-likeness (QED) is 0.850. The number of aryl methyl sites for hydroxylation is 1. The van der Waals surface area contributed by atoms with Gasteiger partial charge in [0.1, 0.15) is 0 Å². The number of carbonyl (C=O) groups excluding carboxylic acids is 1. The Morgan fingerprint density at radius 1 is 1.37 bits per heavy atom. The molecule has 0 radical (unpaired) electrons. The molecule has 19 heavy (non-hydrogen) atoms. The van der Waals surface area contributed by atoms with Gasteiger partial charge in [-0.15, -0.1) is 0 Å². The van der Waals surface area contributed by atoms with Crippen molar-refractivity contribution in [1.82, 2.24) is 14.9 Å². The molecule has 2 N–H and O–H groups in total. The molecule has 0 bridgehead atoms. The maximum atomic E-state index is 11.5. The third-order valence-electron chi connectivity index (χ3n) is 3.02. The van der Waals surface area contributed by atoms with Crippen LogP contribution in [0.25, 0.3) is 0 Å². The van der Waals surface area contributed by atoms with Gasteiger partial charge in [-0.1, -0.05) is 18.2 Å². The fourth-order valence-corrected chi connectivity index (χ4v) is 1.85. The van der Waals surface area contributed by atoms with E-state index in [2.05, 4.69) is 15.6 Å². The van der Waals surface area contributed by atoms with Crippen LogP contribution in [0.2, 0.25) is 0 Å². The number of benzene rings is 1. The van der Waals surface area contributed by atoms with Crippen molar-refractivity contribution in [2.24, 2.45) is 7.05 Å². The van der Waals surface area contributed by atoms with E-state index in [0.29, 0.717) is 13.0 Å². The van der Waals surface area contributed by atoms with Crippen LogP contribution in [0.1, 0.15) is 11.3 Å². The number of hydrogen-bond donors (Lipinski definition) is 2. The molecule has 0 saturated carbocycles. The van der Waals surface area contributed by atoms with Crippen LogP contribution in [0.4, 0.5) is 5.69 Å². The van der Waals surface area contributed by atoms with Crippen LogP contribution in [0.3, 0.4) is 0 Å². The summed E-state index contributed by atoms with van der Waals surface area (Å²) in [5.74, 6) is 0.00906. The molecular formula is C14H18N4O. The van der Waals surface area contributed by atoms with Gasteiger partial charge in [0, 0.05) is 26.0 Å². The Kier molecular flexibility index (Phi) is 4.18. The van der Waals surface area contributed by atoms with E-state index >= 15 is 0 Å². The highest BCUT2D eigenvalue weighted by Crippen LogP contribution is 2.16. The first-order chi connectivity index (χ1) is 9.20. The molecule has 0 aliphatic rings. The van der Waals surface area contributed by atoms with Crippen LogP contribution >= 0.6 is 0 Å². The van der Waals surface area contributed by atoms with Crippen molar-refractivity contribution in [2.75, 3.05) is 12.4 Å². The Labute approximate surface area is 112 Å². The van der Waals surface area contributed by atoms with Crippen LogP contribution in [-0.4, -0.2) is 22.5 Å². The summed E-state index contributed by atoms with van der Waals surface area (Å²) >= 11 is 0. The molecule has 5 heteroatoms. The predicted molar refractivity (Wildman–Crippen MR) is 74.7 cm³/mol. The molecule has 0 aliphatic heterocycles. The number of rotatable bonds is 5. The van der Waals surface area contributed by atoms with Crippen LogP contribution in [0.5, 0.6) is 0 Å². The zero-order chi connectivity index (χ0) is 13.7. The lowest BCUT2D eigenvalue weighted by molar-refractivity contribution is -0.119. The van der Waals surface area contributed by atoms with E-state index in [1.54, 1.807) is 13.4 Å². The largest absolute Gasteiger partial charge is 0.379 e. The smallest absolute Gasteiger partial charge is 0.224 e. The molecule has 1 aromatic heterocycles. The van der Waals surface area contributed by atoms with Crippen molar-refractivity contribution in [2.45, 2.75) is 13.0 Å².